The van der Waals surface area contributed by atoms with Crippen LogP contribution in [0.3, 0.4) is 0 Å². The molecule has 5 nitrogen and oxygen atoms in total. The average molecular weight is 452 g/mol. The minimum absolute atomic E-state index is 0.0452. The molecule has 0 saturated carbocycles. The van der Waals surface area contributed by atoms with Crippen LogP contribution >= 0.6 is 11.6 Å². The second-order valence-electron chi connectivity index (χ2n) is 8.89. The van der Waals surface area contributed by atoms with Crippen molar-refractivity contribution in [3.63, 3.8) is 0 Å². The van der Waals surface area contributed by atoms with Crippen LogP contribution in [-0.2, 0) is 11.3 Å². The van der Waals surface area contributed by atoms with Gasteiger partial charge < -0.3 is 15.4 Å². The number of ether oxygens (including phenoxy) is 1. The Morgan fingerprint density at radius 2 is 2.06 bits per heavy atom. The summed E-state index contributed by atoms with van der Waals surface area (Å²) in [6.45, 7) is 15.7. The van der Waals surface area contributed by atoms with E-state index in [9.17, 15) is 4.79 Å². The molecule has 2 N–H and O–H groups in total. The minimum Gasteiger partial charge on any atom is -0.493 e. The third-order valence-corrected chi connectivity index (χ3v) is 6.49. The first-order chi connectivity index (χ1) is 15.2. The molecule has 168 valence electrons. The maximum absolute atomic E-state index is 12.6. The SMILES string of the molecule is C=C(NC1c2cc(Cl)ccc2OCC1C)c1ccc(C)c(CN2C(=C)NC(C)CC2=O)c1. The number of hydrogen-bond acceptors (Lipinski definition) is 4. The number of hydrogen-bond donors (Lipinski definition) is 2. The summed E-state index contributed by atoms with van der Waals surface area (Å²) in [6, 6.07) is 12.1. The van der Waals surface area contributed by atoms with Crippen molar-refractivity contribution >= 4 is 23.2 Å². The van der Waals surface area contributed by atoms with Gasteiger partial charge in [0, 0.05) is 34.7 Å². The van der Waals surface area contributed by atoms with E-state index in [-0.39, 0.29) is 23.9 Å². The highest BCUT2D eigenvalue weighted by molar-refractivity contribution is 6.30. The van der Waals surface area contributed by atoms with Crippen LogP contribution in [0.2, 0.25) is 5.02 Å². The second kappa shape index (κ2) is 8.91. The van der Waals surface area contributed by atoms with Crippen LogP contribution in [0.4, 0.5) is 0 Å². The van der Waals surface area contributed by atoms with E-state index in [0.29, 0.717) is 30.4 Å². The lowest BCUT2D eigenvalue weighted by Gasteiger charge is -2.34. The first-order valence-electron chi connectivity index (χ1n) is 11.0. The molecule has 0 spiro atoms. The molecule has 3 unspecified atom stereocenters. The first-order valence-corrected chi connectivity index (χ1v) is 11.3. The number of halogens is 1. The van der Waals surface area contributed by atoms with E-state index in [0.717, 1.165) is 33.7 Å². The van der Waals surface area contributed by atoms with Gasteiger partial charge in [-0.1, -0.05) is 43.8 Å². The fourth-order valence-corrected chi connectivity index (χ4v) is 4.51. The van der Waals surface area contributed by atoms with Gasteiger partial charge in [0.15, 0.2) is 0 Å². The Labute approximate surface area is 195 Å². The first kappa shape index (κ1) is 22.3. The van der Waals surface area contributed by atoms with E-state index >= 15 is 0 Å². The Hall–Kier alpha value is -2.92. The number of amides is 1. The van der Waals surface area contributed by atoms with E-state index < -0.39 is 0 Å². The van der Waals surface area contributed by atoms with Crippen LogP contribution in [0.1, 0.15) is 48.6 Å². The number of nitrogens with zero attached hydrogens (tertiary/aromatic N) is 1. The summed E-state index contributed by atoms with van der Waals surface area (Å²) in [4.78, 5) is 14.3. The van der Waals surface area contributed by atoms with Crippen LogP contribution in [-0.4, -0.2) is 23.5 Å². The van der Waals surface area contributed by atoms with Crippen LogP contribution < -0.4 is 15.4 Å². The molecule has 0 bridgehead atoms. The lowest BCUT2D eigenvalue weighted by Crippen LogP contribution is -2.46. The van der Waals surface area contributed by atoms with Gasteiger partial charge in [0.1, 0.15) is 11.6 Å². The molecule has 0 aromatic heterocycles. The largest absolute Gasteiger partial charge is 0.493 e. The number of aryl methyl sites for hydroxylation is 1. The molecular weight excluding hydrogens is 422 g/mol. The topological polar surface area (TPSA) is 53.6 Å². The average Bonchev–Trinajstić information content (AvgIpc) is 2.73. The van der Waals surface area contributed by atoms with Crippen molar-refractivity contribution in [1.82, 2.24) is 15.5 Å². The summed E-state index contributed by atoms with van der Waals surface area (Å²) < 4.78 is 5.88. The van der Waals surface area contributed by atoms with Gasteiger partial charge in [-0.05, 0) is 54.8 Å². The van der Waals surface area contributed by atoms with Crippen molar-refractivity contribution in [3.05, 3.63) is 82.7 Å². The minimum atomic E-state index is 0.0452. The van der Waals surface area contributed by atoms with Crippen molar-refractivity contribution in [2.75, 3.05) is 6.61 Å². The van der Waals surface area contributed by atoms with E-state index in [1.165, 1.54) is 0 Å². The molecule has 1 fully saturated rings. The summed E-state index contributed by atoms with van der Waals surface area (Å²) in [5.41, 5.74) is 5.05. The van der Waals surface area contributed by atoms with E-state index in [1.54, 1.807) is 4.90 Å². The predicted octanol–water partition coefficient (Wildman–Crippen LogP) is 5.16. The van der Waals surface area contributed by atoms with Crippen LogP contribution in [0.25, 0.3) is 5.70 Å². The number of nitrogens with one attached hydrogen (secondary N) is 2. The summed E-state index contributed by atoms with van der Waals surface area (Å²) in [7, 11) is 0. The molecule has 2 aromatic carbocycles. The Morgan fingerprint density at radius 3 is 2.81 bits per heavy atom. The van der Waals surface area contributed by atoms with E-state index in [2.05, 4.69) is 55.8 Å². The highest BCUT2D eigenvalue weighted by Gasteiger charge is 2.29. The molecule has 0 aliphatic carbocycles. The van der Waals surface area contributed by atoms with Gasteiger partial charge in [-0.3, -0.25) is 9.69 Å². The monoisotopic (exact) mass is 451 g/mol. The molecule has 4 rings (SSSR count). The van der Waals surface area contributed by atoms with Crippen molar-refractivity contribution in [1.29, 1.82) is 0 Å². The number of rotatable bonds is 5. The molecule has 2 aliphatic rings. The van der Waals surface area contributed by atoms with E-state index in [4.69, 9.17) is 16.3 Å². The normalized spacial score (nSPS) is 22.6. The summed E-state index contributed by atoms with van der Waals surface area (Å²) in [6.07, 6.45) is 0.468. The number of carbonyl (C=O) groups excluding carboxylic acids is 1. The van der Waals surface area contributed by atoms with Gasteiger partial charge in [0.2, 0.25) is 5.91 Å². The van der Waals surface area contributed by atoms with Crippen molar-refractivity contribution in [3.8, 4) is 5.75 Å². The zero-order valence-corrected chi connectivity index (χ0v) is 19.6. The van der Waals surface area contributed by atoms with Gasteiger partial charge in [-0.25, -0.2) is 0 Å². The maximum Gasteiger partial charge on any atom is 0.230 e. The number of carbonyl (C=O) groups is 1. The Morgan fingerprint density at radius 1 is 1.28 bits per heavy atom. The summed E-state index contributed by atoms with van der Waals surface area (Å²) >= 11 is 6.26. The van der Waals surface area contributed by atoms with Gasteiger partial charge >= 0.3 is 0 Å². The molecule has 2 aliphatic heterocycles. The Bertz CT molecular complexity index is 1060. The molecule has 0 radical (unpaired) electrons. The highest BCUT2D eigenvalue weighted by Crippen LogP contribution is 2.38. The molecular formula is C26H30ClN3O2. The number of benzene rings is 2. The fourth-order valence-electron chi connectivity index (χ4n) is 4.33. The van der Waals surface area contributed by atoms with Crippen molar-refractivity contribution < 1.29 is 9.53 Å². The second-order valence-corrected chi connectivity index (χ2v) is 9.32. The van der Waals surface area contributed by atoms with Crippen LogP contribution in [0.5, 0.6) is 5.75 Å². The van der Waals surface area contributed by atoms with Crippen molar-refractivity contribution in [2.45, 2.75) is 45.8 Å². The molecule has 1 amide bonds. The molecule has 3 atom stereocenters. The summed E-state index contributed by atoms with van der Waals surface area (Å²) in [5.74, 6) is 1.85. The Kier molecular flexibility index (Phi) is 6.20. The smallest absolute Gasteiger partial charge is 0.230 e. The predicted molar refractivity (Wildman–Crippen MR) is 129 cm³/mol. The Balaban J connectivity index is 1.55. The number of fused-ring (bicyclic) bond motifs is 1. The molecule has 6 heteroatoms. The third kappa shape index (κ3) is 4.49. The van der Waals surface area contributed by atoms with E-state index in [1.807, 2.05) is 25.1 Å². The molecule has 32 heavy (non-hydrogen) atoms. The zero-order valence-electron chi connectivity index (χ0n) is 18.9. The van der Waals surface area contributed by atoms with Crippen LogP contribution in [0, 0.1) is 12.8 Å². The summed E-state index contributed by atoms with van der Waals surface area (Å²) in [5, 5.41) is 7.55. The molecule has 2 heterocycles. The van der Waals surface area contributed by atoms with Gasteiger partial charge in [-0.15, -0.1) is 0 Å². The highest BCUT2D eigenvalue weighted by atomic mass is 35.5. The lowest BCUT2D eigenvalue weighted by atomic mass is 9.91. The zero-order chi connectivity index (χ0) is 23.0. The molecule has 2 aromatic rings. The maximum atomic E-state index is 12.6. The third-order valence-electron chi connectivity index (χ3n) is 6.25. The van der Waals surface area contributed by atoms with Gasteiger partial charge in [-0.2, -0.15) is 0 Å². The van der Waals surface area contributed by atoms with Crippen LogP contribution in [0.15, 0.2) is 55.4 Å². The van der Waals surface area contributed by atoms with Gasteiger partial charge in [0.25, 0.3) is 0 Å². The fraction of sp³-hybridized carbons (Fsp3) is 0.346. The quantitative estimate of drug-likeness (QED) is 0.659. The van der Waals surface area contributed by atoms with Gasteiger partial charge in [0.05, 0.1) is 19.2 Å². The van der Waals surface area contributed by atoms with Crippen molar-refractivity contribution in [2.24, 2.45) is 5.92 Å². The standard InChI is InChI=1S/C26H30ClN3O2/c1-15-6-7-20(11-21(15)13-30-19(5)28-17(3)10-25(30)31)18(4)29-26-16(2)14-32-24-9-8-22(27)12-23(24)26/h6-9,11-12,16-17,26,28-29H,4-5,10,13-14H2,1-3H3. The molecule has 1 saturated heterocycles. The lowest BCUT2D eigenvalue weighted by molar-refractivity contribution is -0.132.